The van der Waals surface area contributed by atoms with Gasteiger partial charge in [0.2, 0.25) is 11.8 Å². The van der Waals surface area contributed by atoms with E-state index in [4.69, 9.17) is 15.2 Å². The Morgan fingerprint density at radius 3 is 1.93 bits per heavy atom. The first-order valence-corrected chi connectivity index (χ1v) is 14.0. The molecule has 0 unspecified atom stereocenters. The zero-order chi connectivity index (χ0) is 30.4. The van der Waals surface area contributed by atoms with E-state index in [1.165, 1.54) is 7.11 Å². The molecule has 5 N–H and O–H groups in total. The number of nitrogens with two attached hydrogens (primary N) is 1. The maximum Gasteiger partial charge on any atom is 0.407 e. The Morgan fingerprint density at radius 2 is 1.40 bits per heavy atom. The summed E-state index contributed by atoms with van der Waals surface area (Å²) in [5, 5.41) is 8.26. The van der Waals surface area contributed by atoms with Crippen LogP contribution < -0.4 is 21.7 Å². The molecule has 5 atom stereocenters. The van der Waals surface area contributed by atoms with Gasteiger partial charge in [0, 0.05) is 12.5 Å². The fourth-order valence-corrected chi connectivity index (χ4v) is 4.26. The number of carbonyl (C=O) groups excluding carboxylic acids is 4. The van der Waals surface area contributed by atoms with Crippen LogP contribution in [0.1, 0.15) is 51.7 Å². The molecule has 0 saturated heterocycles. The predicted molar refractivity (Wildman–Crippen MR) is 164 cm³/mol. The van der Waals surface area contributed by atoms with Crippen LogP contribution in [-0.2, 0) is 36.9 Å². The molecule has 0 heterocycles. The minimum atomic E-state index is -0.908. The van der Waals surface area contributed by atoms with Crippen LogP contribution in [0, 0.1) is 11.8 Å². The lowest BCUT2D eigenvalue weighted by atomic mass is 9.95. The highest BCUT2D eigenvalue weighted by molar-refractivity contribution is 5.91. The lowest BCUT2D eigenvalue weighted by molar-refractivity contribution is -0.146. The number of hydrogen-bond donors (Lipinski definition) is 4. The van der Waals surface area contributed by atoms with Crippen molar-refractivity contribution in [3.8, 4) is 0 Å². The third-order valence-corrected chi connectivity index (χ3v) is 6.98. The van der Waals surface area contributed by atoms with Crippen molar-refractivity contribution in [1.29, 1.82) is 0 Å². The van der Waals surface area contributed by atoms with E-state index in [1.54, 1.807) is 13.8 Å². The molecule has 3 amide bonds. The van der Waals surface area contributed by atoms with Crippen molar-refractivity contribution in [3.63, 3.8) is 0 Å². The standard InChI is InChI=1S/C31H44N4O6.ClH/c1-6-21(4)28(29(37)35-27(20(2)3)30(38)40-5)34-26(36)18-25(24(32)17-22-13-9-7-10-14-22)33-31(39)41-19-23-15-11-8-12-16-23;/h7-16,20-21,24-25,27-28H,6,17-19,32H2,1-5H3,(H,33,39)(H,34,36)(H,35,37);1H/t21-,24-,25-,27-,28-;/m0./s1. The first-order valence-electron chi connectivity index (χ1n) is 14.0. The van der Waals surface area contributed by atoms with Crippen LogP contribution in [0.15, 0.2) is 60.7 Å². The van der Waals surface area contributed by atoms with E-state index < -0.39 is 48.0 Å². The summed E-state index contributed by atoms with van der Waals surface area (Å²) >= 11 is 0. The third-order valence-electron chi connectivity index (χ3n) is 6.98. The quantitative estimate of drug-likeness (QED) is 0.227. The minimum absolute atomic E-state index is 0. The van der Waals surface area contributed by atoms with Crippen molar-refractivity contribution in [2.24, 2.45) is 17.6 Å². The van der Waals surface area contributed by atoms with Gasteiger partial charge in [0.1, 0.15) is 18.7 Å². The highest BCUT2D eigenvalue weighted by Crippen LogP contribution is 2.13. The fraction of sp³-hybridized carbons (Fsp3) is 0.484. The summed E-state index contributed by atoms with van der Waals surface area (Å²) in [6.45, 7) is 7.39. The average molecular weight is 605 g/mol. The number of esters is 1. The van der Waals surface area contributed by atoms with Gasteiger partial charge in [0.05, 0.1) is 13.2 Å². The summed E-state index contributed by atoms with van der Waals surface area (Å²) in [4.78, 5) is 51.4. The topological polar surface area (TPSA) is 149 Å². The van der Waals surface area contributed by atoms with Crippen molar-refractivity contribution in [3.05, 3.63) is 71.8 Å². The molecule has 11 heteroatoms. The van der Waals surface area contributed by atoms with Crippen LogP contribution >= 0.6 is 12.4 Å². The molecule has 0 spiro atoms. The van der Waals surface area contributed by atoms with E-state index in [1.807, 2.05) is 74.5 Å². The molecular formula is C31H45ClN4O6. The Bertz CT molecular complexity index is 1120. The summed E-state index contributed by atoms with van der Waals surface area (Å²) in [5.74, 6) is -1.97. The Hall–Kier alpha value is -3.63. The number of methoxy groups -OCH3 is 1. The van der Waals surface area contributed by atoms with Crippen molar-refractivity contribution in [2.45, 2.75) is 77.7 Å². The van der Waals surface area contributed by atoms with Crippen molar-refractivity contribution in [1.82, 2.24) is 16.0 Å². The van der Waals surface area contributed by atoms with Gasteiger partial charge in [-0.15, -0.1) is 12.4 Å². The SMILES string of the molecule is CC[C@H](C)[C@H](NC(=O)C[C@H](NC(=O)OCc1ccccc1)[C@@H](N)Cc1ccccc1)C(=O)N[C@H](C(=O)OC)C(C)C.Cl. The van der Waals surface area contributed by atoms with Crippen LogP contribution in [0.25, 0.3) is 0 Å². The summed E-state index contributed by atoms with van der Waals surface area (Å²) in [5.41, 5.74) is 8.26. The monoisotopic (exact) mass is 604 g/mol. The number of carbonyl (C=O) groups is 4. The first-order chi connectivity index (χ1) is 19.5. The number of halogens is 1. The number of alkyl carbamates (subject to hydrolysis) is 1. The molecule has 0 aliphatic heterocycles. The van der Waals surface area contributed by atoms with Gasteiger partial charge in [-0.25, -0.2) is 9.59 Å². The molecule has 0 fully saturated rings. The maximum absolute atomic E-state index is 13.3. The first kappa shape index (κ1) is 36.4. The molecule has 0 aliphatic rings. The lowest BCUT2D eigenvalue weighted by Gasteiger charge is -2.29. The van der Waals surface area contributed by atoms with E-state index in [-0.39, 0.29) is 37.3 Å². The molecule has 0 aliphatic carbocycles. The van der Waals surface area contributed by atoms with E-state index in [9.17, 15) is 19.2 Å². The fourth-order valence-electron chi connectivity index (χ4n) is 4.26. The van der Waals surface area contributed by atoms with E-state index in [2.05, 4.69) is 16.0 Å². The van der Waals surface area contributed by atoms with E-state index in [0.29, 0.717) is 12.8 Å². The second kappa shape index (κ2) is 18.7. The number of benzene rings is 2. The normalized spacial score (nSPS) is 14.3. The molecule has 2 aromatic carbocycles. The lowest BCUT2D eigenvalue weighted by Crippen LogP contribution is -2.57. The molecule has 2 rings (SSSR count). The Balaban J connectivity index is 0.00000882. The zero-order valence-corrected chi connectivity index (χ0v) is 25.8. The van der Waals surface area contributed by atoms with Crippen molar-refractivity contribution < 1.29 is 28.7 Å². The number of rotatable bonds is 15. The van der Waals surface area contributed by atoms with Crippen LogP contribution in [-0.4, -0.2) is 55.2 Å². The smallest absolute Gasteiger partial charge is 0.407 e. The van der Waals surface area contributed by atoms with Gasteiger partial charge in [0.25, 0.3) is 0 Å². The summed E-state index contributed by atoms with van der Waals surface area (Å²) in [6.07, 6.45) is 0.120. The Morgan fingerprint density at radius 1 is 0.833 bits per heavy atom. The largest absolute Gasteiger partial charge is 0.467 e. The van der Waals surface area contributed by atoms with Crippen LogP contribution in [0.2, 0.25) is 0 Å². The summed E-state index contributed by atoms with van der Waals surface area (Å²) in [7, 11) is 1.26. The van der Waals surface area contributed by atoms with Crippen molar-refractivity contribution in [2.75, 3.05) is 7.11 Å². The second-order valence-corrected chi connectivity index (χ2v) is 10.6. The van der Waals surface area contributed by atoms with Gasteiger partial charge < -0.3 is 31.2 Å². The van der Waals surface area contributed by atoms with Gasteiger partial charge in [0.15, 0.2) is 0 Å². The molecule has 0 aromatic heterocycles. The van der Waals surface area contributed by atoms with E-state index in [0.717, 1.165) is 11.1 Å². The minimum Gasteiger partial charge on any atom is -0.467 e. The number of hydrogen-bond acceptors (Lipinski definition) is 7. The van der Waals surface area contributed by atoms with Gasteiger partial charge >= 0.3 is 12.1 Å². The molecular weight excluding hydrogens is 560 g/mol. The number of ether oxygens (including phenoxy) is 2. The van der Waals surface area contributed by atoms with Gasteiger partial charge in [-0.05, 0) is 29.4 Å². The highest BCUT2D eigenvalue weighted by Gasteiger charge is 2.33. The molecule has 42 heavy (non-hydrogen) atoms. The van der Waals surface area contributed by atoms with Crippen LogP contribution in [0.5, 0.6) is 0 Å². The molecule has 0 radical (unpaired) electrons. The Kier molecular flexibility index (Phi) is 16.2. The number of amides is 3. The van der Waals surface area contributed by atoms with Crippen LogP contribution in [0.3, 0.4) is 0 Å². The summed E-state index contributed by atoms with van der Waals surface area (Å²) < 4.78 is 10.2. The average Bonchev–Trinajstić information content (AvgIpc) is 2.97. The maximum atomic E-state index is 13.3. The van der Waals surface area contributed by atoms with Gasteiger partial charge in [-0.1, -0.05) is 94.8 Å². The second-order valence-electron chi connectivity index (χ2n) is 10.6. The van der Waals surface area contributed by atoms with Gasteiger partial charge in [-0.3, -0.25) is 9.59 Å². The molecule has 2 aromatic rings. The Labute approximate surface area is 254 Å². The molecule has 232 valence electrons. The highest BCUT2D eigenvalue weighted by atomic mass is 35.5. The van der Waals surface area contributed by atoms with Gasteiger partial charge in [-0.2, -0.15) is 0 Å². The van der Waals surface area contributed by atoms with Crippen molar-refractivity contribution >= 4 is 36.3 Å². The molecule has 10 nitrogen and oxygen atoms in total. The molecule has 0 saturated carbocycles. The molecule has 0 bridgehead atoms. The predicted octanol–water partition coefficient (Wildman–Crippen LogP) is 3.51. The zero-order valence-electron chi connectivity index (χ0n) is 25.0. The number of nitrogens with one attached hydrogen (secondary N) is 3. The third kappa shape index (κ3) is 12.1. The van der Waals surface area contributed by atoms with Crippen LogP contribution in [0.4, 0.5) is 4.79 Å². The van der Waals surface area contributed by atoms with E-state index >= 15 is 0 Å². The summed E-state index contributed by atoms with van der Waals surface area (Å²) in [6, 6.07) is 15.6.